The molecule has 2 aromatic rings. The Hall–Kier alpha value is -2.14. The minimum atomic E-state index is -0.0927. The SMILES string of the molecule is Cc1ccc(-n2ncc(N3CCNCC3)cc2=O)cc1. The van der Waals surface area contributed by atoms with Crippen LogP contribution >= 0.6 is 0 Å². The van der Waals surface area contributed by atoms with Crippen LogP contribution in [0.25, 0.3) is 5.69 Å². The van der Waals surface area contributed by atoms with Gasteiger partial charge in [-0.1, -0.05) is 17.7 Å². The van der Waals surface area contributed by atoms with Gasteiger partial charge >= 0.3 is 0 Å². The first kappa shape index (κ1) is 12.9. The van der Waals surface area contributed by atoms with E-state index in [-0.39, 0.29) is 5.56 Å². The van der Waals surface area contributed by atoms with E-state index in [1.165, 1.54) is 10.2 Å². The molecule has 3 rings (SSSR count). The number of benzene rings is 1. The van der Waals surface area contributed by atoms with Crippen LogP contribution in [0, 0.1) is 6.92 Å². The van der Waals surface area contributed by atoms with E-state index in [0.717, 1.165) is 37.6 Å². The highest BCUT2D eigenvalue weighted by Crippen LogP contribution is 2.12. The molecular weight excluding hydrogens is 252 g/mol. The molecule has 5 heteroatoms. The van der Waals surface area contributed by atoms with Crippen molar-refractivity contribution in [2.24, 2.45) is 0 Å². The fraction of sp³-hybridized carbons (Fsp3) is 0.333. The Morgan fingerprint density at radius 3 is 2.45 bits per heavy atom. The van der Waals surface area contributed by atoms with Crippen molar-refractivity contribution in [1.29, 1.82) is 0 Å². The average Bonchev–Trinajstić information content (AvgIpc) is 2.49. The van der Waals surface area contributed by atoms with Gasteiger partial charge < -0.3 is 10.2 Å². The molecule has 1 fully saturated rings. The fourth-order valence-electron chi connectivity index (χ4n) is 2.37. The number of aromatic nitrogens is 2. The Balaban J connectivity index is 1.91. The first-order valence-electron chi connectivity index (χ1n) is 6.86. The van der Waals surface area contributed by atoms with Crippen LogP contribution in [0.4, 0.5) is 5.69 Å². The van der Waals surface area contributed by atoms with E-state index in [1.807, 2.05) is 31.2 Å². The van der Waals surface area contributed by atoms with Gasteiger partial charge in [0, 0.05) is 32.2 Å². The Morgan fingerprint density at radius 1 is 1.10 bits per heavy atom. The van der Waals surface area contributed by atoms with Crippen molar-refractivity contribution in [1.82, 2.24) is 15.1 Å². The standard InChI is InChI=1S/C15H18N4O/c1-12-2-4-13(5-3-12)19-15(20)10-14(11-17-19)18-8-6-16-7-9-18/h2-5,10-11,16H,6-9H2,1H3. The van der Waals surface area contributed by atoms with Gasteiger partial charge in [-0.05, 0) is 19.1 Å². The molecule has 104 valence electrons. The average molecular weight is 270 g/mol. The van der Waals surface area contributed by atoms with Crippen molar-refractivity contribution in [3.63, 3.8) is 0 Å². The lowest BCUT2D eigenvalue weighted by atomic mass is 10.2. The fourth-order valence-corrected chi connectivity index (χ4v) is 2.37. The van der Waals surface area contributed by atoms with Gasteiger partial charge in [-0.25, -0.2) is 0 Å². The molecule has 0 amide bonds. The van der Waals surface area contributed by atoms with Crippen LogP contribution in [0.15, 0.2) is 41.3 Å². The Morgan fingerprint density at radius 2 is 1.80 bits per heavy atom. The quantitative estimate of drug-likeness (QED) is 0.883. The number of nitrogens with one attached hydrogen (secondary N) is 1. The highest BCUT2D eigenvalue weighted by molar-refractivity contribution is 5.44. The number of hydrogen-bond acceptors (Lipinski definition) is 4. The lowest BCUT2D eigenvalue weighted by Crippen LogP contribution is -2.44. The van der Waals surface area contributed by atoms with Crippen LogP contribution in [0.1, 0.15) is 5.56 Å². The number of hydrogen-bond donors (Lipinski definition) is 1. The van der Waals surface area contributed by atoms with E-state index in [9.17, 15) is 4.79 Å². The van der Waals surface area contributed by atoms with E-state index < -0.39 is 0 Å². The second-order valence-corrected chi connectivity index (χ2v) is 5.04. The first-order chi connectivity index (χ1) is 9.74. The van der Waals surface area contributed by atoms with Crippen LogP contribution in [0.2, 0.25) is 0 Å². The number of rotatable bonds is 2. The predicted octanol–water partition coefficient (Wildman–Crippen LogP) is 0.951. The third-order valence-electron chi connectivity index (χ3n) is 3.55. The molecule has 1 aromatic heterocycles. The minimum absolute atomic E-state index is 0.0927. The smallest absolute Gasteiger partial charge is 0.273 e. The summed E-state index contributed by atoms with van der Waals surface area (Å²) in [5.41, 5.74) is 2.77. The molecule has 1 N–H and O–H groups in total. The zero-order valence-corrected chi connectivity index (χ0v) is 11.5. The van der Waals surface area contributed by atoms with Gasteiger partial charge in [0.25, 0.3) is 5.56 Å². The second-order valence-electron chi connectivity index (χ2n) is 5.04. The Bertz CT molecular complexity index is 642. The molecule has 0 bridgehead atoms. The largest absolute Gasteiger partial charge is 0.368 e. The highest BCUT2D eigenvalue weighted by Gasteiger charge is 2.12. The van der Waals surface area contributed by atoms with Crippen molar-refractivity contribution in [2.75, 3.05) is 31.1 Å². The van der Waals surface area contributed by atoms with Crippen LogP contribution in [-0.4, -0.2) is 36.0 Å². The number of aryl methyl sites for hydroxylation is 1. The molecule has 5 nitrogen and oxygen atoms in total. The Labute approximate surface area is 117 Å². The van der Waals surface area contributed by atoms with Crippen LogP contribution in [0.3, 0.4) is 0 Å². The molecular formula is C15H18N4O. The number of anilines is 1. The normalized spacial score (nSPS) is 15.3. The zero-order chi connectivity index (χ0) is 13.9. The van der Waals surface area contributed by atoms with Gasteiger partial charge in [-0.2, -0.15) is 9.78 Å². The molecule has 20 heavy (non-hydrogen) atoms. The maximum atomic E-state index is 12.2. The Kier molecular flexibility index (Phi) is 3.52. The van der Waals surface area contributed by atoms with Crippen molar-refractivity contribution in [3.8, 4) is 5.69 Å². The van der Waals surface area contributed by atoms with Gasteiger partial charge in [-0.3, -0.25) is 4.79 Å². The number of nitrogens with zero attached hydrogens (tertiary/aromatic N) is 3. The van der Waals surface area contributed by atoms with Gasteiger partial charge in [0.05, 0.1) is 17.6 Å². The molecule has 0 radical (unpaired) electrons. The maximum Gasteiger partial charge on any atom is 0.273 e. The highest BCUT2D eigenvalue weighted by atomic mass is 16.1. The summed E-state index contributed by atoms with van der Waals surface area (Å²) in [4.78, 5) is 14.4. The van der Waals surface area contributed by atoms with Crippen molar-refractivity contribution in [2.45, 2.75) is 6.92 Å². The summed E-state index contributed by atoms with van der Waals surface area (Å²) in [6.45, 7) is 5.74. The van der Waals surface area contributed by atoms with Crippen molar-refractivity contribution in [3.05, 3.63) is 52.4 Å². The molecule has 0 spiro atoms. The summed E-state index contributed by atoms with van der Waals surface area (Å²) in [6.07, 6.45) is 1.77. The summed E-state index contributed by atoms with van der Waals surface area (Å²) in [6, 6.07) is 9.45. The molecule has 0 saturated carbocycles. The van der Waals surface area contributed by atoms with Gasteiger partial charge in [0.1, 0.15) is 0 Å². The number of piperazine rings is 1. The molecule has 1 aromatic carbocycles. The summed E-state index contributed by atoms with van der Waals surface area (Å²) >= 11 is 0. The molecule has 0 atom stereocenters. The summed E-state index contributed by atoms with van der Waals surface area (Å²) < 4.78 is 1.44. The maximum absolute atomic E-state index is 12.2. The third kappa shape index (κ3) is 2.58. The van der Waals surface area contributed by atoms with Crippen LogP contribution < -0.4 is 15.8 Å². The van der Waals surface area contributed by atoms with Gasteiger partial charge in [0.2, 0.25) is 0 Å². The zero-order valence-electron chi connectivity index (χ0n) is 11.5. The van der Waals surface area contributed by atoms with Crippen molar-refractivity contribution < 1.29 is 0 Å². The second kappa shape index (κ2) is 5.46. The summed E-state index contributed by atoms with van der Waals surface area (Å²) in [5, 5.41) is 7.59. The summed E-state index contributed by atoms with van der Waals surface area (Å²) in [7, 11) is 0. The van der Waals surface area contributed by atoms with Gasteiger partial charge in [-0.15, -0.1) is 0 Å². The monoisotopic (exact) mass is 270 g/mol. The van der Waals surface area contributed by atoms with E-state index >= 15 is 0 Å². The predicted molar refractivity (Wildman–Crippen MR) is 79.7 cm³/mol. The third-order valence-corrected chi connectivity index (χ3v) is 3.55. The molecule has 1 saturated heterocycles. The van der Waals surface area contributed by atoms with Crippen LogP contribution in [0.5, 0.6) is 0 Å². The van der Waals surface area contributed by atoms with E-state index in [1.54, 1.807) is 12.3 Å². The topological polar surface area (TPSA) is 50.2 Å². The summed E-state index contributed by atoms with van der Waals surface area (Å²) in [5.74, 6) is 0. The molecule has 0 aliphatic carbocycles. The molecule has 2 heterocycles. The van der Waals surface area contributed by atoms with E-state index in [4.69, 9.17) is 0 Å². The van der Waals surface area contributed by atoms with Crippen molar-refractivity contribution >= 4 is 5.69 Å². The lowest BCUT2D eigenvalue weighted by Gasteiger charge is -2.28. The lowest BCUT2D eigenvalue weighted by molar-refractivity contribution is 0.587. The first-order valence-corrected chi connectivity index (χ1v) is 6.86. The molecule has 1 aliphatic heterocycles. The minimum Gasteiger partial charge on any atom is -0.368 e. The van der Waals surface area contributed by atoms with Gasteiger partial charge in [0.15, 0.2) is 0 Å². The van der Waals surface area contributed by atoms with Crippen LogP contribution in [-0.2, 0) is 0 Å². The molecule has 1 aliphatic rings. The van der Waals surface area contributed by atoms with E-state index in [0.29, 0.717) is 0 Å². The van der Waals surface area contributed by atoms with E-state index in [2.05, 4.69) is 15.3 Å². The molecule has 0 unspecified atom stereocenters.